The molecule has 0 aromatic heterocycles. The highest BCUT2D eigenvalue weighted by atomic mass is 35.5. The summed E-state index contributed by atoms with van der Waals surface area (Å²) in [6.07, 6.45) is 8.43. The van der Waals surface area contributed by atoms with Gasteiger partial charge in [-0.2, -0.15) is 0 Å². The molecule has 2 atom stereocenters. The molecule has 158 valence electrons. The van der Waals surface area contributed by atoms with Gasteiger partial charge in [0.05, 0.1) is 6.10 Å². The van der Waals surface area contributed by atoms with Gasteiger partial charge in [-0.1, -0.05) is 57.0 Å². The van der Waals surface area contributed by atoms with Gasteiger partial charge in [-0.05, 0) is 69.8 Å². The number of nitrogens with zero attached hydrogens (tertiary/aromatic N) is 1. The van der Waals surface area contributed by atoms with E-state index in [0.29, 0.717) is 5.92 Å². The van der Waals surface area contributed by atoms with E-state index in [1.54, 1.807) is 0 Å². The van der Waals surface area contributed by atoms with Crippen LogP contribution in [-0.2, 0) is 0 Å². The van der Waals surface area contributed by atoms with Crippen LogP contribution in [0.25, 0.3) is 0 Å². The Hall–Kier alpha value is -0.320. The van der Waals surface area contributed by atoms with Gasteiger partial charge in [-0.15, -0.1) is 24.8 Å². The third kappa shape index (κ3) is 10.7. The lowest BCUT2D eigenvalue weighted by Gasteiger charge is -2.26. The third-order valence-electron chi connectivity index (χ3n) is 5.33. The zero-order valence-corrected chi connectivity index (χ0v) is 18.7. The Morgan fingerprint density at radius 3 is 2.19 bits per heavy atom. The Labute approximate surface area is 179 Å². The zero-order valence-electron chi connectivity index (χ0n) is 17.1. The maximum Gasteiger partial charge on any atom is 0.0942 e. The van der Waals surface area contributed by atoms with Crippen LogP contribution in [0, 0.1) is 5.92 Å². The summed E-state index contributed by atoms with van der Waals surface area (Å²) in [6, 6.07) is 10.2. The Balaban J connectivity index is 0.00000338. The van der Waals surface area contributed by atoms with Crippen LogP contribution in [0.3, 0.4) is 0 Å². The maximum absolute atomic E-state index is 10.8. The summed E-state index contributed by atoms with van der Waals surface area (Å²) in [6.45, 7) is 9.22. The van der Waals surface area contributed by atoms with Crippen LogP contribution in [0.15, 0.2) is 30.3 Å². The minimum atomic E-state index is -0.418. The smallest absolute Gasteiger partial charge is 0.0942 e. The van der Waals surface area contributed by atoms with Crippen LogP contribution in [0.2, 0.25) is 0 Å². The molecule has 27 heavy (non-hydrogen) atoms. The number of aliphatic hydroxyl groups excluding tert-OH is 1. The van der Waals surface area contributed by atoms with Gasteiger partial charge in [0.1, 0.15) is 0 Å². The van der Waals surface area contributed by atoms with Gasteiger partial charge in [-0.3, -0.25) is 0 Å². The second-order valence-corrected chi connectivity index (χ2v) is 8.00. The summed E-state index contributed by atoms with van der Waals surface area (Å²) in [7, 11) is 0. The molecule has 3 nitrogen and oxygen atoms in total. The lowest BCUT2D eigenvalue weighted by atomic mass is 9.95. The Morgan fingerprint density at radius 2 is 1.59 bits per heavy atom. The predicted octanol–water partition coefficient (Wildman–Crippen LogP) is 5.22. The first-order valence-electron chi connectivity index (χ1n) is 10.4. The Kier molecular flexibility index (Phi) is 15.4. The summed E-state index contributed by atoms with van der Waals surface area (Å²) < 4.78 is 0. The van der Waals surface area contributed by atoms with Gasteiger partial charge in [0.15, 0.2) is 0 Å². The van der Waals surface area contributed by atoms with E-state index in [9.17, 15) is 5.11 Å². The molecular weight excluding hydrogens is 379 g/mol. The molecule has 0 radical (unpaired) electrons. The molecule has 2 unspecified atom stereocenters. The molecule has 1 fully saturated rings. The Morgan fingerprint density at radius 1 is 0.963 bits per heavy atom. The molecule has 2 N–H and O–H groups in total. The normalized spacial score (nSPS) is 17.5. The largest absolute Gasteiger partial charge is 0.387 e. The first-order chi connectivity index (χ1) is 12.2. The van der Waals surface area contributed by atoms with Crippen LogP contribution in [-0.4, -0.2) is 42.2 Å². The number of hydrogen-bond acceptors (Lipinski definition) is 3. The number of halogens is 2. The van der Waals surface area contributed by atoms with Crippen LogP contribution in [0.4, 0.5) is 0 Å². The van der Waals surface area contributed by atoms with Crippen molar-refractivity contribution in [3.8, 4) is 0 Å². The standard InChI is InChI=1S/C22H38N2O.2ClH/c1-19(2)13-14-21(22(25)20-11-6-5-7-12-20)23-15-10-18-24-16-8-3-4-9-17-24;;/h5-7,11-12,19,21-23,25H,3-4,8-10,13-18H2,1-2H3;2*1H. The minimum absolute atomic E-state index is 0. The molecule has 0 bridgehead atoms. The van der Waals surface area contributed by atoms with E-state index in [-0.39, 0.29) is 30.9 Å². The molecule has 1 aliphatic heterocycles. The molecule has 1 aromatic carbocycles. The average Bonchev–Trinajstić information content (AvgIpc) is 2.90. The van der Waals surface area contributed by atoms with Crippen molar-refractivity contribution >= 4 is 24.8 Å². The molecule has 0 amide bonds. The fourth-order valence-corrected chi connectivity index (χ4v) is 3.72. The molecule has 5 heteroatoms. The fourth-order valence-electron chi connectivity index (χ4n) is 3.72. The first-order valence-corrected chi connectivity index (χ1v) is 10.4. The van der Waals surface area contributed by atoms with E-state index < -0.39 is 6.10 Å². The molecule has 0 aliphatic carbocycles. The van der Waals surface area contributed by atoms with Crippen molar-refractivity contribution in [3.05, 3.63) is 35.9 Å². The van der Waals surface area contributed by atoms with Crippen molar-refractivity contribution in [1.29, 1.82) is 0 Å². The highest BCUT2D eigenvalue weighted by molar-refractivity contribution is 5.85. The van der Waals surface area contributed by atoms with E-state index in [0.717, 1.165) is 24.9 Å². The lowest BCUT2D eigenvalue weighted by Crippen LogP contribution is -2.37. The van der Waals surface area contributed by atoms with Crippen molar-refractivity contribution in [1.82, 2.24) is 10.2 Å². The van der Waals surface area contributed by atoms with Gasteiger partial charge in [0.2, 0.25) is 0 Å². The molecule has 2 rings (SSSR count). The number of hydrogen-bond donors (Lipinski definition) is 2. The predicted molar refractivity (Wildman–Crippen MR) is 121 cm³/mol. The number of likely N-dealkylation sites (tertiary alicyclic amines) is 1. The van der Waals surface area contributed by atoms with Crippen LogP contribution in [0.1, 0.15) is 70.5 Å². The minimum Gasteiger partial charge on any atom is -0.387 e. The van der Waals surface area contributed by atoms with E-state index in [1.807, 2.05) is 30.3 Å². The summed E-state index contributed by atoms with van der Waals surface area (Å²) in [5.74, 6) is 0.671. The van der Waals surface area contributed by atoms with Crippen molar-refractivity contribution in [2.45, 2.75) is 70.9 Å². The van der Waals surface area contributed by atoms with Crippen LogP contribution >= 0.6 is 24.8 Å². The third-order valence-corrected chi connectivity index (χ3v) is 5.33. The summed E-state index contributed by atoms with van der Waals surface area (Å²) in [5.41, 5.74) is 1.02. The van der Waals surface area contributed by atoms with E-state index in [4.69, 9.17) is 0 Å². The highest BCUT2D eigenvalue weighted by Crippen LogP contribution is 2.21. The molecule has 1 aliphatic rings. The quantitative estimate of drug-likeness (QED) is 0.510. The number of rotatable bonds is 10. The molecule has 1 aromatic rings. The second kappa shape index (κ2) is 15.6. The van der Waals surface area contributed by atoms with Crippen LogP contribution in [0.5, 0.6) is 0 Å². The molecule has 1 heterocycles. The van der Waals surface area contributed by atoms with Crippen molar-refractivity contribution < 1.29 is 5.11 Å². The zero-order chi connectivity index (χ0) is 17.9. The van der Waals surface area contributed by atoms with Crippen LogP contribution < -0.4 is 5.32 Å². The molecule has 0 saturated carbocycles. The van der Waals surface area contributed by atoms with Gasteiger partial charge < -0.3 is 15.3 Å². The summed E-state index contributed by atoms with van der Waals surface area (Å²) in [4.78, 5) is 2.62. The SMILES string of the molecule is CC(C)CCC(NCCCN1CCCCCC1)C(O)c1ccccc1.Cl.Cl. The van der Waals surface area contributed by atoms with E-state index in [1.165, 1.54) is 51.7 Å². The highest BCUT2D eigenvalue weighted by Gasteiger charge is 2.20. The van der Waals surface area contributed by atoms with Gasteiger partial charge in [-0.25, -0.2) is 0 Å². The van der Waals surface area contributed by atoms with E-state index in [2.05, 4.69) is 24.1 Å². The number of nitrogens with one attached hydrogen (secondary N) is 1. The lowest BCUT2D eigenvalue weighted by molar-refractivity contribution is 0.119. The molecule has 1 saturated heterocycles. The maximum atomic E-state index is 10.8. The summed E-state index contributed by atoms with van der Waals surface area (Å²) >= 11 is 0. The number of aliphatic hydroxyl groups is 1. The average molecular weight is 419 g/mol. The second-order valence-electron chi connectivity index (χ2n) is 8.00. The molecule has 0 spiro atoms. The van der Waals surface area contributed by atoms with Gasteiger partial charge in [0.25, 0.3) is 0 Å². The van der Waals surface area contributed by atoms with Gasteiger partial charge in [0, 0.05) is 6.04 Å². The van der Waals surface area contributed by atoms with E-state index >= 15 is 0 Å². The monoisotopic (exact) mass is 418 g/mol. The van der Waals surface area contributed by atoms with Gasteiger partial charge >= 0.3 is 0 Å². The van der Waals surface area contributed by atoms with Crippen molar-refractivity contribution in [2.75, 3.05) is 26.2 Å². The summed E-state index contributed by atoms with van der Waals surface area (Å²) in [5, 5.41) is 14.5. The van der Waals surface area contributed by atoms with Crippen molar-refractivity contribution in [3.63, 3.8) is 0 Å². The first kappa shape index (κ1) is 26.7. The molecular formula is C22H40Cl2N2O. The number of benzene rings is 1. The van der Waals surface area contributed by atoms with Crippen molar-refractivity contribution in [2.24, 2.45) is 5.92 Å². The Bertz CT molecular complexity index is 451. The fraction of sp³-hybridized carbons (Fsp3) is 0.727. The topological polar surface area (TPSA) is 35.5 Å².